The van der Waals surface area contributed by atoms with Crippen LogP contribution < -0.4 is 0 Å². The van der Waals surface area contributed by atoms with E-state index in [1.54, 1.807) is 24.4 Å². The summed E-state index contributed by atoms with van der Waals surface area (Å²) in [5.41, 5.74) is 15.1. The van der Waals surface area contributed by atoms with Crippen molar-refractivity contribution in [3.05, 3.63) is 223 Å². The average molecular weight is 1130 g/mol. The summed E-state index contributed by atoms with van der Waals surface area (Å²) in [6.07, 6.45) is -2.65. The van der Waals surface area contributed by atoms with Gasteiger partial charge in [0.1, 0.15) is 5.58 Å². The molecule has 0 saturated carbocycles. The molecule has 0 aliphatic rings. The summed E-state index contributed by atoms with van der Waals surface area (Å²) in [6, 6.07) is 70.2. The van der Waals surface area contributed by atoms with E-state index in [1.165, 1.54) is 51.2 Å². The maximum absolute atomic E-state index is 12.9. The van der Waals surface area contributed by atoms with Crippen molar-refractivity contribution in [2.75, 3.05) is 0 Å². The first-order chi connectivity index (χ1) is 34.3. The van der Waals surface area contributed by atoms with E-state index in [4.69, 9.17) is 9.40 Å². The molecule has 11 aromatic rings. The molecule has 72 heavy (non-hydrogen) atoms. The molecule has 0 unspecified atom stereocenters. The van der Waals surface area contributed by atoms with Gasteiger partial charge in [-0.3, -0.25) is 4.98 Å². The van der Waals surface area contributed by atoms with Crippen LogP contribution in [0.2, 0.25) is 0 Å². The van der Waals surface area contributed by atoms with Gasteiger partial charge in [-0.25, -0.2) is 0 Å². The van der Waals surface area contributed by atoms with Gasteiger partial charge < -0.3 is 14.0 Å². The van der Waals surface area contributed by atoms with E-state index in [2.05, 4.69) is 189 Å². The summed E-state index contributed by atoms with van der Waals surface area (Å²) in [5.74, 6) is 1.35. The molecule has 8 aromatic carbocycles. The second-order valence-corrected chi connectivity index (χ2v) is 19.1. The van der Waals surface area contributed by atoms with Gasteiger partial charge in [-0.2, -0.15) is 13.2 Å². The Labute approximate surface area is 432 Å². The molecule has 0 bridgehead atoms. The Bertz CT molecular complexity index is 3610. The van der Waals surface area contributed by atoms with Gasteiger partial charge in [-0.15, -0.1) is 53.6 Å². The minimum Gasteiger partial charge on any atom is -0.501 e. The van der Waals surface area contributed by atoms with Crippen LogP contribution in [0.25, 0.3) is 94.7 Å². The summed E-state index contributed by atoms with van der Waals surface area (Å²) >= 11 is 0. The van der Waals surface area contributed by atoms with Crippen LogP contribution in [-0.2, 0) is 25.5 Å². The second-order valence-electron chi connectivity index (χ2n) is 19.1. The molecule has 0 aliphatic heterocycles. The molecular formula is C64H52F3IrN3O-2. The molecule has 0 fully saturated rings. The number of hydrogen-bond donors (Lipinski definition) is 0. The largest absolute Gasteiger partial charge is 0.501 e. The molecule has 0 atom stereocenters. The minimum absolute atomic E-state index is 0. The zero-order chi connectivity index (χ0) is 49.4. The van der Waals surface area contributed by atoms with Crippen LogP contribution in [0.4, 0.5) is 13.2 Å². The fourth-order valence-corrected chi connectivity index (χ4v) is 9.27. The topological polar surface area (TPSA) is 43.9 Å². The van der Waals surface area contributed by atoms with Crippen molar-refractivity contribution in [1.82, 2.24) is 14.5 Å². The third-order valence-electron chi connectivity index (χ3n) is 13.5. The number of rotatable bonds is 9. The number of aromatic nitrogens is 3. The first-order valence-electron chi connectivity index (χ1n) is 24.0. The Hall–Kier alpha value is -7.38. The molecule has 0 spiro atoms. The molecule has 3 heterocycles. The fraction of sp³-hybridized carbons (Fsp3) is 0.156. The number of benzene rings is 8. The quantitative estimate of drug-likeness (QED) is 0.135. The van der Waals surface area contributed by atoms with E-state index < -0.39 is 11.6 Å². The number of imidazole rings is 1. The van der Waals surface area contributed by atoms with Gasteiger partial charge >= 0.3 is 6.18 Å². The predicted octanol–water partition coefficient (Wildman–Crippen LogP) is 18.0. The molecule has 0 amide bonds. The number of pyridine rings is 1. The summed E-state index contributed by atoms with van der Waals surface area (Å²) in [7, 11) is 0. The van der Waals surface area contributed by atoms with Crippen molar-refractivity contribution in [3.8, 4) is 61.7 Å². The van der Waals surface area contributed by atoms with Gasteiger partial charge in [-0.05, 0) is 98.4 Å². The summed E-state index contributed by atoms with van der Waals surface area (Å²) < 4.78 is 47.9. The number of fused-ring (bicyclic) bond motifs is 4. The first kappa shape index (κ1) is 49.6. The number of para-hydroxylation sites is 2. The Balaban J connectivity index is 0.000000270. The molecule has 0 saturated heterocycles. The maximum Gasteiger partial charge on any atom is 0.390 e. The van der Waals surface area contributed by atoms with E-state index in [9.17, 15) is 13.2 Å². The average Bonchev–Trinajstić information content (AvgIpc) is 3.97. The zero-order valence-electron chi connectivity index (χ0n) is 40.8. The summed E-state index contributed by atoms with van der Waals surface area (Å²) in [6.45, 7) is 11.5. The van der Waals surface area contributed by atoms with Gasteiger partial charge in [0.25, 0.3) is 0 Å². The van der Waals surface area contributed by atoms with Crippen molar-refractivity contribution in [3.63, 3.8) is 0 Å². The summed E-state index contributed by atoms with van der Waals surface area (Å²) in [4.78, 5) is 9.47. The van der Waals surface area contributed by atoms with E-state index in [1.807, 2.05) is 18.2 Å². The monoisotopic (exact) mass is 1130 g/mol. The molecule has 361 valence electrons. The van der Waals surface area contributed by atoms with Crippen LogP contribution in [0.1, 0.15) is 70.1 Å². The third-order valence-corrected chi connectivity index (χ3v) is 13.5. The first-order valence-corrected chi connectivity index (χ1v) is 24.0. The van der Waals surface area contributed by atoms with Crippen LogP contribution in [0.15, 0.2) is 199 Å². The van der Waals surface area contributed by atoms with Crippen LogP contribution in [0.5, 0.6) is 0 Å². The molecule has 3 aromatic heterocycles. The van der Waals surface area contributed by atoms with Gasteiger partial charge in [0.2, 0.25) is 0 Å². The SMILES string of the molecule is CC(C)(c1c[c-]c(-c2ccccn2)cc1)C(F)(F)F.CC(C)c1cc(-c2ccc(-c3ccccc3)cc2)cc(C(C)C)c1-n1c(-c2[c-]ccc3c2oc2cc(-c4ccccc4)ccc23)nc2ccccc21.[Ir]. The predicted molar refractivity (Wildman–Crippen MR) is 285 cm³/mol. The molecule has 1 radical (unpaired) electrons. The number of furan rings is 1. The molecular weight excluding hydrogens is 1080 g/mol. The Morgan fingerprint density at radius 2 is 1.15 bits per heavy atom. The molecule has 4 nitrogen and oxygen atoms in total. The Morgan fingerprint density at radius 1 is 0.569 bits per heavy atom. The second kappa shape index (κ2) is 20.4. The molecule has 0 N–H and O–H groups in total. The third kappa shape index (κ3) is 9.57. The van der Waals surface area contributed by atoms with Crippen molar-refractivity contribution < 1.29 is 37.7 Å². The van der Waals surface area contributed by atoms with Gasteiger partial charge in [0.05, 0.1) is 27.9 Å². The van der Waals surface area contributed by atoms with Gasteiger partial charge in [-0.1, -0.05) is 174 Å². The number of nitrogens with zero attached hydrogens (tertiary/aromatic N) is 3. The van der Waals surface area contributed by atoms with Crippen LogP contribution in [-0.4, -0.2) is 20.7 Å². The van der Waals surface area contributed by atoms with Gasteiger partial charge in [0.15, 0.2) is 0 Å². The fourth-order valence-electron chi connectivity index (χ4n) is 9.27. The molecule has 11 rings (SSSR count). The number of alkyl halides is 3. The number of hydrogen-bond acceptors (Lipinski definition) is 3. The standard InChI is InChI=1S/C49H39N2O.C15H13F3N.Ir/c1-31(2)42-28-38(36-24-22-35(23-25-36)33-14-7-5-8-15-33)29-43(32(3)4)47(42)51-45-21-12-11-20-44(45)50-49(51)41-19-13-18-40-39-27-26-37(30-46(39)52-48(40)41)34-16-9-6-10-17-34;1-14(2,15(16,17)18)12-8-6-11(7-9-12)13-5-3-4-10-19-13;/h5-18,20-32H,1-4H3;3-6,8-10H,1-2H3;/q2*-1;. The van der Waals surface area contributed by atoms with E-state index in [0.29, 0.717) is 11.3 Å². The van der Waals surface area contributed by atoms with Crippen LogP contribution in [0, 0.1) is 12.1 Å². The van der Waals surface area contributed by atoms with Crippen LogP contribution in [0.3, 0.4) is 0 Å². The normalized spacial score (nSPS) is 11.8. The maximum atomic E-state index is 12.9. The Kier molecular flexibility index (Phi) is 14.0. The van der Waals surface area contributed by atoms with E-state index in [0.717, 1.165) is 69.3 Å². The zero-order valence-corrected chi connectivity index (χ0v) is 43.2. The van der Waals surface area contributed by atoms with Gasteiger partial charge in [0, 0.05) is 37.4 Å². The van der Waals surface area contributed by atoms with E-state index in [-0.39, 0.29) is 37.5 Å². The van der Waals surface area contributed by atoms with Crippen LogP contribution >= 0.6 is 0 Å². The number of halogens is 3. The smallest absolute Gasteiger partial charge is 0.390 e. The van der Waals surface area contributed by atoms with E-state index >= 15 is 0 Å². The van der Waals surface area contributed by atoms with Crippen molar-refractivity contribution in [1.29, 1.82) is 0 Å². The summed E-state index contributed by atoms with van der Waals surface area (Å²) in [5, 5.41) is 2.14. The minimum atomic E-state index is -4.28. The molecule has 0 aliphatic carbocycles. The Morgan fingerprint density at radius 3 is 1.75 bits per heavy atom. The van der Waals surface area contributed by atoms with Crippen molar-refractivity contribution in [2.24, 2.45) is 0 Å². The molecule has 8 heteroatoms. The van der Waals surface area contributed by atoms with Crippen molar-refractivity contribution >= 4 is 33.0 Å². The van der Waals surface area contributed by atoms with Crippen molar-refractivity contribution in [2.45, 2.75) is 65.0 Å².